The van der Waals surface area contributed by atoms with Crippen LogP contribution in [0.5, 0.6) is 0 Å². The number of carbonyl (C=O) groups excluding carboxylic acids is 1. The summed E-state index contributed by atoms with van der Waals surface area (Å²) in [6.07, 6.45) is 6.69. The summed E-state index contributed by atoms with van der Waals surface area (Å²) in [7, 11) is 0. The van der Waals surface area contributed by atoms with Gasteiger partial charge in [-0.3, -0.25) is 4.79 Å². The number of carbonyl (C=O) groups is 1. The van der Waals surface area contributed by atoms with E-state index in [1.165, 1.54) is 32.1 Å². The molecule has 1 saturated carbocycles. The molecule has 100 valence electrons. The highest BCUT2D eigenvalue weighted by molar-refractivity contribution is 5.76. The normalized spacial score (nSPS) is 20.7. The monoisotopic (exact) mass is 240 g/mol. The molecule has 1 aliphatic carbocycles. The van der Waals surface area contributed by atoms with Crippen LogP contribution in [0.25, 0.3) is 0 Å². The van der Waals surface area contributed by atoms with Crippen LogP contribution in [-0.4, -0.2) is 19.0 Å². The SMILES string of the molecule is CC(C)CC1(CNCC(C)C(N)=O)CCCC1. The molecule has 1 fully saturated rings. The van der Waals surface area contributed by atoms with Crippen molar-refractivity contribution in [1.82, 2.24) is 5.32 Å². The van der Waals surface area contributed by atoms with Crippen molar-refractivity contribution < 1.29 is 4.79 Å². The second-order valence-electron chi connectivity index (χ2n) is 6.24. The Labute approximate surface area is 106 Å². The van der Waals surface area contributed by atoms with Gasteiger partial charge in [-0.15, -0.1) is 0 Å². The van der Waals surface area contributed by atoms with Crippen LogP contribution in [0.15, 0.2) is 0 Å². The number of hydrogen-bond donors (Lipinski definition) is 2. The van der Waals surface area contributed by atoms with E-state index < -0.39 is 0 Å². The van der Waals surface area contributed by atoms with Gasteiger partial charge in [0.15, 0.2) is 0 Å². The largest absolute Gasteiger partial charge is 0.369 e. The summed E-state index contributed by atoms with van der Waals surface area (Å²) in [6, 6.07) is 0. The lowest BCUT2D eigenvalue weighted by atomic mass is 9.78. The lowest BCUT2D eigenvalue weighted by Gasteiger charge is -2.31. The van der Waals surface area contributed by atoms with Crippen molar-refractivity contribution in [3.8, 4) is 0 Å². The Morgan fingerprint density at radius 1 is 1.29 bits per heavy atom. The number of amides is 1. The molecule has 1 amide bonds. The molecule has 0 radical (unpaired) electrons. The fourth-order valence-electron chi connectivity index (χ4n) is 3.10. The minimum Gasteiger partial charge on any atom is -0.369 e. The Kier molecular flexibility index (Phi) is 5.44. The molecule has 1 unspecified atom stereocenters. The summed E-state index contributed by atoms with van der Waals surface area (Å²) in [4.78, 5) is 11.0. The molecule has 3 heteroatoms. The van der Waals surface area contributed by atoms with Crippen molar-refractivity contribution in [3.05, 3.63) is 0 Å². The molecule has 3 N–H and O–H groups in total. The third-order valence-corrected chi connectivity index (χ3v) is 3.94. The molecule has 1 aliphatic rings. The van der Waals surface area contributed by atoms with Crippen molar-refractivity contribution in [2.75, 3.05) is 13.1 Å². The molecular weight excluding hydrogens is 212 g/mol. The third-order valence-electron chi connectivity index (χ3n) is 3.94. The van der Waals surface area contributed by atoms with Gasteiger partial charge in [0.2, 0.25) is 5.91 Å². The zero-order valence-corrected chi connectivity index (χ0v) is 11.6. The fraction of sp³-hybridized carbons (Fsp3) is 0.929. The molecule has 0 aromatic heterocycles. The maximum Gasteiger partial charge on any atom is 0.221 e. The van der Waals surface area contributed by atoms with Crippen molar-refractivity contribution in [1.29, 1.82) is 0 Å². The lowest BCUT2D eigenvalue weighted by Crippen LogP contribution is -2.38. The van der Waals surface area contributed by atoms with E-state index >= 15 is 0 Å². The van der Waals surface area contributed by atoms with Crippen LogP contribution in [0.2, 0.25) is 0 Å². The van der Waals surface area contributed by atoms with Crippen molar-refractivity contribution in [2.45, 2.75) is 52.9 Å². The minimum atomic E-state index is -0.207. The van der Waals surface area contributed by atoms with Gasteiger partial charge in [0.05, 0.1) is 0 Å². The van der Waals surface area contributed by atoms with Gasteiger partial charge in [0, 0.05) is 19.0 Å². The first kappa shape index (κ1) is 14.5. The summed E-state index contributed by atoms with van der Waals surface area (Å²) in [5.74, 6) is 0.484. The van der Waals surface area contributed by atoms with E-state index in [-0.39, 0.29) is 11.8 Å². The summed E-state index contributed by atoms with van der Waals surface area (Å²) >= 11 is 0. The van der Waals surface area contributed by atoms with Crippen LogP contribution in [0.4, 0.5) is 0 Å². The first-order valence-electron chi connectivity index (χ1n) is 6.95. The predicted molar refractivity (Wildman–Crippen MR) is 71.6 cm³/mol. The van der Waals surface area contributed by atoms with Crippen LogP contribution < -0.4 is 11.1 Å². The van der Waals surface area contributed by atoms with Crippen LogP contribution in [0.1, 0.15) is 52.9 Å². The Balaban J connectivity index is 2.37. The van der Waals surface area contributed by atoms with Gasteiger partial charge in [-0.1, -0.05) is 33.6 Å². The van der Waals surface area contributed by atoms with Crippen molar-refractivity contribution in [3.63, 3.8) is 0 Å². The Bertz CT molecular complexity index is 245. The van der Waals surface area contributed by atoms with Gasteiger partial charge >= 0.3 is 0 Å². The van der Waals surface area contributed by atoms with E-state index in [1.54, 1.807) is 0 Å². The number of rotatable bonds is 7. The third kappa shape index (κ3) is 4.66. The second-order valence-corrected chi connectivity index (χ2v) is 6.24. The zero-order valence-electron chi connectivity index (χ0n) is 11.6. The van der Waals surface area contributed by atoms with Gasteiger partial charge in [0.25, 0.3) is 0 Å². The molecule has 0 aliphatic heterocycles. The van der Waals surface area contributed by atoms with E-state index in [2.05, 4.69) is 19.2 Å². The van der Waals surface area contributed by atoms with Crippen LogP contribution in [-0.2, 0) is 4.79 Å². The average molecular weight is 240 g/mol. The van der Waals surface area contributed by atoms with E-state index in [4.69, 9.17) is 5.73 Å². The Morgan fingerprint density at radius 2 is 1.88 bits per heavy atom. The highest BCUT2D eigenvalue weighted by Gasteiger charge is 2.33. The zero-order chi connectivity index (χ0) is 12.9. The van der Waals surface area contributed by atoms with Gasteiger partial charge < -0.3 is 11.1 Å². The fourth-order valence-corrected chi connectivity index (χ4v) is 3.10. The molecule has 0 saturated heterocycles. The van der Waals surface area contributed by atoms with Crippen molar-refractivity contribution >= 4 is 5.91 Å². The van der Waals surface area contributed by atoms with Gasteiger partial charge in [-0.25, -0.2) is 0 Å². The van der Waals surface area contributed by atoms with Crippen molar-refractivity contribution in [2.24, 2.45) is 23.0 Å². The maximum absolute atomic E-state index is 11.0. The number of nitrogens with two attached hydrogens (primary N) is 1. The molecule has 1 atom stereocenters. The highest BCUT2D eigenvalue weighted by Crippen LogP contribution is 2.42. The number of primary amides is 1. The molecule has 0 aromatic rings. The number of nitrogens with one attached hydrogen (secondary N) is 1. The first-order chi connectivity index (χ1) is 7.95. The Hall–Kier alpha value is -0.570. The molecular formula is C14H28N2O. The van der Waals surface area contributed by atoms with E-state index in [0.29, 0.717) is 5.41 Å². The minimum absolute atomic E-state index is 0.0625. The molecule has 0 spiro atoms. The Morgan fingerprint density at radius 3 is 2.35 bits per heavy atom. The van der Waals surface area contributed by atoms with Gasteiger partial charge in [-0.05, 0) is 30.6 Å². The van der Waals surface area contributed by atoms with E-state index in [0.717, 1.165) is 19.0 Å². The number of hydrogen-bond acceptors (Lipinski definition) is 2. The smallest absolute Gasteiger partial charge is 0.221 e. The summed E-state index contributed by atoms with van der Waals surface area (Å²) in [5.41, 5.74) is 5.74. The second kappa shape index (κ2) is 6.39. The average Bonchev–Trinajstić information content (AvgIpc) is 2.65. The molecule has 0 bridgehead atoms. The van der Waals surface area contributed by atoms with Crippen LogP contribution in [0.3, 0.4) is 0 Å². The first-order valence-corrected chi connectivity index (χ1v) is 6.95. The lowest BCUT2D eigenvalue weighted by molar-refractivity contribution is -0.121. The summed E-state index contributed by atoms with van der Waals surface area (Å²) < 4.78 is 0. The van der Waals surface area contributed by atoms with E-state index in [9.17, 15) is 4.79 Å². The van der Waals surface area contributed by atoms with Crippen LogP contribution >= 0.6 is 0 Å². The van der Waals surface area contributed by atoms with Gasteiger partial charge in [-0.2, -0.15) is 0 Å². The molecule has 1 rings (SSSR count). The molecule has 17 heavy (non-hydrogen) atoms. The predicted octanol–water partition coefficient (Wildman–Crippen LogP) is 2.30. The van der Waals surface area contributed by atoms with E-state index in [1.807, 2.05) is 6.92 Å². The topological polar surface area (TPSA) is 55.1 Å². The molecule has 0 aromatic carbocycles. The molecule has 0 heterocycles. The summed E-state index contributed by atoms with van der Waals surface area (Å²) in [6.45, 7) is 8.25. The maximum atomic E-state index is 11.0. The summed E-state index contributed by atoms with van der Waals surface area (Å²) in [5, 5.41) is 3.45. The van der Waals surface area contributed by atoms with Gasteiger partial charge in [0.1, 0.15) is 0 Å². The quantitative estimate of drug-likeness (QED) is 0.717. The molecule has 3 nitrogen and oxygen atoms in total. The van der Waals surface area contributed by atoms with Crippen LogP contribution in [0, 0.1) is 17.3 Å². The standard InChI is InChI=1S/C14H28N2O/c1-11(2)8-14(6-4-5-7-14)10-16-9-12(3)13(15)17/h11-12,16H,4-10H2,1-3H3,(H2,15,17). The highest BCUT2D eigenvalue weighted by atomic mass is 16.1.